The molecular weight excluding hydrogens is 192 g/mol. The zero-order chi connectivity index (χ0) is 11.9. The molecule has 3 N–H and O–H groups in total. The number of hydrogen-bond donors (Lipinski definition) is 3. The number of rotatable bonds is 8. The minimum atomic E-state index is -0.459. The normalized spacial score (nSPS) is 13.2. The smallest absolute Gasteiger partial charge is 0.0514 e. The molecule has 0 aromatic rings. The lowest BCUT2D eigenvalue weighted by molar-refractivity contribution is -0.0803. The third-order valence-electron chi connectivity index (χ3n) is 4.35. The van der Waals surface area contributed by atoms with Crippen molar-refractivity contribution in [3.05, 3.63) is 0 Å². The van der Waals surface area contributed by atoms with E-state index < -0.39 is 5.41 Å². The fourth-order valence-corrected chi connectivity index (χ4v) is 2.82. The number of aliphatic hydroxyl groups excluding tert-OH is 3. The van der Waals surface area contributed by atoms with E-state index in [4.69, 9.17) is 5.11 Å². The molecule has 0 aliphatic heterocycles. The first kappa shape index (κ1) is 14.9. The molecule has 0 heterocycles. The third kappa shape index (κ3) is 2.52. The molecular formula is C12H26O3. The average molecular weight is 218 g/mol. The van der Waals surface area contributed by atoms with E-state index in [0.29, 0.717) is 6.42 Å². The maximum absolute atomic E-state index is 9.56. The molecule has 0 bridgehead atoms. The summed E-state index contributed by atoms with van der Waals surface area (Å²) in [5, 5.41) is 28.3. The summed E-state index contributed by atoms with van der Waals surface area (Å²) in [6, 6.07) is 0. The van der Waals surface area contributed by atoms with Gasteiger partial charge in [0, 0.05) is 12.0 Å². The van der Waals surface area contributed by atoms with Crippen LogP contribution in [-0.2, 0) is 0 Å². The van der Waals surface area contributed by atoms with Gasteiger partial charge in [-0.15, -0.1) is 0 Å². The summed E-state index contributed by atoms with van der Waals surface area (Å²) in [6.07, 6.45) is 3.13. The summed E-state index contributed by atoms with van der Waals surface area (Å²) in [7, 11) is 0. The van der Waals surface area contributed by atoms with Gasteiger partial charge < -0.3 is 15.3 Å². The lowest BCUT2D eigenvalue weighted by atomic mass is 9.58. The quantitative estimate of drug-likeness (QED) is 0.579. The van der Waals surface area contributed by atoms with Gasteiger partial charge in [0.2, 0.25) is 0 Å². The van der Waals surface area contributed by atoms with E-state index in [2.05, 4.69) is 13.8 Å². The van der Waals surface area contributed by atoms with Crippen molar-refractivity contribution in [3.8, 4) is 0 Å². The van der Waals surface area contributed by atoms with Crippen LogP contribution in [0.4, 0.5) is 0 Å². The second kappa shape index (κ2) is 6.46. The van der Waals surface area contributed by atoms with Gasteiger partial charge >= 0.3 is 0 Å². The second-order valence-electron chi connectivity index (χ2n) is 4.41. The maximum atomic E-state index is 9.56. The summed E-state index contributed by atoms with van der Waals surface area (Å²) in [4.78, 5) is 0. The Morgan fingerprint density at radius 3 is 1.33 bits per heavy atom. The highest BCUT2D eigenvalue weighted by atomic mass is 16.3. The molecule has 0 aliphatic carbocycles. The van der Waals surface area contributed by atoms with Crippen molar-refractivity contribution in [2.24, 2.45) is 10.8 Å². The van der Waals surface area contributed by atoms with Gasteiger partial charge in [0.25, 0.3) is 0 Å². The van der Waals surface area contributed by atoms with Crippen LogP contribution in [0, 0.1) is 10.8 Å². The Balaban J connectivity index is 5.13. The Morgan fingerprint density at radius 1 is 0.733 bits per heavy atom. The number of aliphatic hydroxyl groups is 3. The highest BCUT2D eigenvalue weighted by molar-refractivity contribution is 4.95. The Morgan fingerprint density at radius 2 is 1.13 bits per heavy atom. The van der Waals surface area contributed by atoms with E-state index in [0.717, 1.165) is 19.3 Å². The molecule has 3 nitrogen and oxygen atoms in total. The molecule has 0 saturated carbocycles. The SMILES string of the molecule is CCC(CO)(CO)C(CC)(CC)CCO. The van der Waals surface area contributed by atoms with Gasteiger partial charge in [-0.3, -0.25) is 0 Å². The fraction of sp³-hybridized carbons (Fsp3) is 1.00. The van der Waals surface area contributed by atoms with Gasteiger partial charge in [-0.25, -0.2) is 0 Å². The molecule has 92 valence electrons. The van der Waals surface area contributed by atoms with Gasteiger partial charge in [-0.1, -0.05) is 20.8 Å². The summed E-state index contributed by atoms with van der Waals surface area (Å²) in [6.45, 7) is 6.21. The average Bonchev–Trinajstić information content (AvgIpc) is 2.30. The first-order valence-electron chi connectivity index (χ1n) is 5.94. The Bertz CT molecular complexity index is 152. The predicted octanol–water partition coefficient (Wildman–Crippen LogP) is 1.56. The van der Waals surface area contributed by atoms with Crippen LogP contribution >= 0.6 is 0 Å². The van der Waals surface area contributed by atoms with E-state index >= 15 is 0 Å². The molecule has 0 fully saturated rings. The van der Waals surface area contributed by atoms with Crippen LogP contribution < -0.4 is 0 Å². The van der Waals surface area contributed by atoms with Crippen molar-refractivity contribution >= 4 is 0 Å². The maximum Gasteiger partial charge on any atom is 0.0514 e. The van der Waals surface area contributed by atoms with Crippen LogP contribution in [0.3, 0.4) is 0 Å². The summed E-state index contributed by atoms with van der Waals surface area (Å²) < 4.78 is 0. The van der Waals surface area contributed by atoms with Crippen molar-refractivity contribution in [2.45, 2.75) is 46.5 Å². The van der Waals surface area contributed by atoms with Crippen LogP contribution in [0.2, 0.25) is 0 Å². The minimum Gasteiger partial charge on any atom is -0.396 e. The lowest BCUT2D eigenvalue weighted by Gasteiger charge is -2.48. The van der Waals surface area contributed by atoms with Crippen LogP contribution in [0.25, 0.3) is 0 Å². The van der Waals surface area contributed by atoms with Crippen LogP contribution in [-0.4, -0.2) is 35.1 Å². The highest BCUT2D eigenvalue weighted by Crippen LogP contribution is 2.49. The molecule has 3 heteroatoms. The zero-order valence-electron chi connectivity index (χ0n) is 10.3. The summed E-state index contributed by atoms with van der Waals surface area (Å²) in [5.41, 5.74) is -0.612. The Hall–Kier alpha value is -0.120. The molecule has 0 radical (unpaired) electrons. The van der Waals surface area contributed by atoms with E-state index in [1.165, 1.54) is 0 Å². The zero-order valence-corrected chi connectivity index (χ0v) is 10.3. The van der Waals surface area contributed by atoms with E-state index in [-0.39, 0.29) is 25.2 Å². The minimum absolute atomic E-state index is 0.0122. The van der Waals surface area contributed by atoms with Gasteiger partial charge in [0.15, 0.2) is 0 Å². The Kier molecular flexibility index (Phi) is 6.41. The van der Waals surface area contributed by atoms with E-state index in [1.54, 1.807) is 0 Å². The van der Waals surface area contributed by atoms with Crippen LogP contribution in [0.5, 0.6) is 0 Å². The van der Waals surface area contributed by atoms with E-state index in [9.17, 15) is 10.2 Å². The Labute approximate surface area is 93.1 Å². The topological polar surface area (TPSA) is 60.7 Å². The molecule has 0 atom stereocenters. The standard InChI is InChI=1S/C12H26O3/c1-4-11(5-2,7-8-13)12(6-3,9-14)10-15/h13-15H,4-10H2,1-3H3. The van der Waals surface area contributed by atoms with Crippen molar-refractivity contribution in [2.75, 3.05) is 19.8 Å². The molecule has 0 saturated heterocycles. The van der Waals surface area contributed by atoms with Crippen LogP contribution in [0.1, 0.15) is 46.5 Å². The van der Waals surface area contributed by atoms with Crippen LogP contribution in [0.15, 0.2) is 0 Å². The van der Waals surface area contributed by atoms with Crippen molar-refractivity contribution in [1.29, 1.82) is 0 Å². The number of hydrogen-bond acceptors (Lipinski definition) is 3. The van der Waals surface area contributed by atoms with Crippen molar-refractivity contribution in [1.82, 2.24) is 0 Å². The van der Waals surface area contributed by atoms with Crippen molar-refractivity contribution in [3.63, 3.8) is 0 Å². The second-order valence-corrected chi connectivity index (χ2v) is 4.41. The molecule has 0 spiro atoms. The first-order chi connectivity index (χ1) is 7.11. The summed E-state index contributed by atoms with van der Waals surface area (Å²) >= 11 is 0. The predicted molar refractivity (Wildman–Crippen MR) is 61.6 cm³/mol. The molecule has 0 unspecified atom stereocenters. The van der Waals surface area contributed by atoms with Gasteiger partial charge in [-0.2, -0.15) is 0 Å². The summed E-state index contributed by atoms with van der Waals surface area (Å²) in [5.74, 6) is 0. The highest BCUT2D eigenvalue weighted by Gasteiger charge is 2.46. The largest absolute Gasteiger partial charge is 0.396 e. The molecule has 0 aromatic heterocycles. The molecule has 0 rings (SSSR count). The fourth-order valence-electron chi connectivity index (χ4n) is 2.82. The molecule has 0 aliphatic rings. The van der Waals surface area contributed by atoms with Crippen molar-refractivity contribution < 1.29 is 15.3 Å². The lowest BCUT2D eigenvalue weighted by Crippen LogP contribution is -2.47. The van der Waals surface area contributed by atoms with Gasteiger partial charge in [-0.05, 0) is 31.1 Å². The monoisotopic (exact) mass is 218 g/mol. The molecule has 15 heavy (non-hydrogen) atoms. The first-order valence-corrected chi connectivity index (χ1v) is 5.94. The van der Waals surface area contributed by atoms with Gasteiger partial charge in [0.05, 0.1) is 13.2 Å². The molecule has 0 amide bonds. The third-order valence-corrected chi connectivity index (χ3v) is 4.35. The van der Waals surface area contributed by atoms with Gasteiger partial charge in [0.1, 0.15) is 0 Å². The molecule has 0 aromatic carbocycles. The van der Waals surface area contributed by atoms with E-state index in [1.807, 2.05) is 6.92 Å².